The Kier molecular flexibility index (Phi) is 4.99. The summed E-state index contributed by atoms with van der Waals surface area (Å²) in [6, 6.07) is 3.50. The number of carbonyl (C=O) groups excluding carboxylic acids is 1. The fraction of sp³-hybridized carbons (Fsp3) is 0.400. The van der Waals surface area contributed by atoms with Crippen LogP contribution in [-0.4, -0.2) is 50.4 Å². The van der Waals surface area contributed by atoms with E-state index in [1.165, 1.54) is 6.33 Å². The van der Waals surface area contributed by atoms with Crippen molar-refractivity contribution >= 4 is 29.3 Å². The molecule has 0 aliphatic carbocycles. The van der Waals surface area contributed by atoms with E-state index in [9.17, 15) is 4.79 Å². The summed E-state index contributed by atoms with van der Waals surface area (Å²) in [5.41, 5.74) is 5.75. The maximum absolute atomic E-state index is 11.6. The van der Waals surface area contributed by atoms with Crippen LogP contribution in [0.5, 0.6) is 0 Å². The monoisotopic (exact) mass is 328 g/mol. The van der Waals surface area contributed by atoms with E-state index < -0.39 is 0 Å². The average molecular weight is 328 g/mol. The van der Waals surface area contributed by atoms with E-state index in [2.05, 4.69) is 30.6 Å². The lowest BCUT2D eigenvalue weighted by atomic mass is 10.3. The van der Waals surface area contributed by atoms with Gasteiger partial charge in [-0.25, -0.2) is 9.97 Å². The molecule has 1 saturated heterocycles. The summed E-state index contributed by atoms with van der Waals surface area (Å²) in [5.74, 6) is 2.23. The maximum Gasteiger partial charge on any atom is 0.223 e. The standard InChI is InChI=1S/C15H20N8O/c16-15-21-12(18-5-2-8-23-7-1-3-14(23)24)9-13(22-15)20-11-4-6-17-10-19-11/h4,6,9-10H,1-3,5,7-8H2,(H4,16,17,18,19,20,21,22). The van der Waals surface area contributed by atoms with Crippen LogP contribution in [0.25, 0.3) is 0 Å². The Morgan fingerprint density at radius 3 is 2.88 bits per heavy atom. The first kappa shape index (κ1) is 15.9. The number of carbonyl (C=O) groups is 1. The highest BCUT2D eigenvalue weighted by molar-refractivity contribution is 5.78. The van der Waals surface area contributed by atoms with Crippen LogP contribution in [0.2, 0.25) is 0 Å². The molecule has 9 heteroatoms. The third kappa shape index (κ3) is 4.28. The summed E-state index contributed by atoms with van der Waals surface area (Å²) < 4.78 is 0. The average Bonchev–Trinajstić information content (AvgIpc) is 2.97. The van der Waals surface area contributed by atoms with Crippen LogP contribution in [0.3, 0.4) is 0 Å². The summed E-state index contributed by atoms with van der Waals surface area (Å²) in [4.78, 5) is 29.7. The molecule has 0 spiro atoms. The lowest BCUT2D eigenvalue weighted by Crippen LogP contribution is -2.27. The SMILES string of the molecule is Nc1nc(NCCCN2CCCC2=O)cc(Nc2ccncn2)n1. The smallest absolute Gasteiger partial charge is 0.223 e. The molecule has 0 unspecified atom stereocenters. The fourth-order valence-corrected chi connectivity index (χ4v) is 2.54. The molecule has 0 saturated carbocycles. The normalized spacial score (nSPS) is 14.0. The molecule has 1 aliphatic heterocycles. The zero-order valence-electron chi connectivity index (χ0n) is 13.3. The Labute approximate surface area is 139 Å². The van der Waals surface area contributed by atoms with Gasteiger partial charge in [-0.15, -0.1) is 0 Å². The third-order valence-corrected chi connectivity index (χ3v) is 3.66. The predicted molar refractivity (Wildman–Crippen MR) is 90.7 cm³/mol. The third-order valence-electron chi connectivity index (χ3n) is 3.66. The van der Waals surface area contributed by atoms with Crippen LogP contribution in [0.4, 0.5) is 23.4 Å². The van der Waals surface area contributed by atoms with Gasteiger partial charge in [0.15, 0.2) is 0 Å². The number of nitrogen functional groups attached to an aromatic ring is 1. The van der Waals surface area contributed by atoms with Crippen molar-refractivity contribution in [3.63, 3.8) is 0 Å². The molecule has 0 radical (unpaired) electrons. The van der Waals surface area contributed by atoms with Crippen LogP contribution >= 0.6 is 0 Å². The number of hydrogen-bond donors (Lipinski definition) is 3. The van der Waals surface area contributed by atoms with E-state index in [0.717, 1.165) is 25.9 Å². The first-order valence-electron chi connectivity index (χ1n) is 7.90. The number of likely N-dealkylation sites (tertiary alicyclic amines) is 1. The maximum atomic E-state index is 11.6. The molecular weight excluding hydrogens is 308 g/mol. The largest absolute Gasteiger partial charge is 0.370 e. The van der Waals surface area contributed by atoms with Crippen molar-refractivity contribution in [3.05, 3.63) is 24.7 Å². The summed E-state index contributed by atoms with van der Waals surface area (Å²) >= 11 is 0. The van der Waals surface area contributed by atoms with Gasteiger partial charge in [0, 0.05) is 38.3 Å². The molecular formula is C15H20N8O. The fourth-order valence-electron chi connectivity index (χ4n) is 2.54. The topological polar surface area (TPSA) is 122 Å². The summed E-state index contributed by atoms with van der Waals surface area (Å²) in [7, 11) is 0. The van der Waals surface area contributed by atoms with E-state index in [1.54, 1.807) is 18.3 Å². The van der Waals surface area contributed by atoms with Crippen molar-refractivity contribution < 1.29 is 4.79 Å². The highest BCUT2D eigenvalue weighted by Gasteiger charge is 2.18. The molecule has 9 nitrogen and oxygen atoms in total. The van der Waals surface area contributed by atoms with Gasteiger partial charge in [0.1, 0.15) is 23.8 Å². The Morgan fingerprint density at radius 2 is 2.12 bits per heavy atom. The van der Waals surface area contributed by atoms with E-state index in [0.29, 0.717) is 30.4 Å². The Hall–Kier alpha value is -2.97. The molecule has 24 heavy (non-hydrogen) atoms. The van der Waals surface area contributed by atoms with Crippen molar-refractivity contribution in [2.24, 2.45) is 0 Å². The molecule has 2 aromatic heterocycles. The molecule has 2 aromatic rings. The van der Waals surface area contributed by atoms with E-state index in [4.69, 9.17) is 5.73 Å². The number of nitrogens with one attached hydrogen (secondary N) is 2. The van der Waals surface area contributed by atoms with Gasteiger partial charge >= 0.3 is 0 Å². The van der Waals surface area contributed by atoms with Crippen molar-refractivity contribution in [3.8, 4) is 0 Å². The van der Waals surface area contributed by atoms with E-state index >= 15 is 0 Å². The quantitative estimate of drug-likeness (QED) is 0.644. The first-order chi connectivity index (χ1) is 11.7. The van der Waals surface area contributed by atoms with Crippen LogP contribution < -0.4 is 16.4 Å². The first-order valence-corrected chi connectivity index (χ1v) is 7.90. The minimum Gasteiger partial charge on any atom is -0.370 e. The van der Waals surface area contributed by atoms with E-state index in [1.807, 2.05) is 4.90 Å². The Balaban J connectivity index is 1.52. The molecule has 0 aromatic carbocycles. The molecule has 3 heterocycles. The van der Waals surface area contributed by atoms with Gasteiger partial charge in [0.2, 0.25) is 11.9 Å². The minimum atomic E-state index is 0.172. The van der Waals surface area contributed by atoms with Crippen molar-refractivity contribution in [2.45, 2.75) is 19.3 Å². The lowest BCUT2D eigenvalue weighted by molar-refractivity contribution is -0.127. The summed E-state index contributed by atoms with van der Waals surface area (Å²) in [6.07, 6.45) is 5.58. The van der Waals surface area contributed by atoms with Crippen LogP contribution in [0, 0.1) is 0 Å². The molecule has 1 fully saturated rings. The number of amides is 1. The van der Waals surface area contributed by atoms with Crippen LogP contribution in [0.15, 0.2) is 24.7 Å². The minimum absolute atomic E-state index is 0.172. The van der Waals surface area contributed by atoms with Crippen molar-refractivity contribution in [1.82, 2.24) is 24.8 Å². The molecule has 0 atom stereocenters. The second kappa shape index (κ2) is 7.53. The van der Waals surface area contributed by atoms with E-state index in [-0.39, 0.29) is 11.9 Å². The lowest BCUT2D eigenvalue weighted by Gasteiger charge is -2.15. The number of nitrogens with zero attached hydrogens (tertiary/aromatic N) is 5. The molecule has 4 N–H and O–H groups in total. The Bertz CT molecular complexity index is 693. The second-order valence-electron chi connectivity index (χ2n) is 5.48. The molecule has 126 valence electrons. The number of aromatic nitrogens is 4. The summed E-state index contributed by atoms with van der Waals surface area (Å²) in [6.45, 7) is 2.33. The number of nitrogens with two attached hydrogens (primary N) is 1. The molecule has 1 aliphatic rings. The highest BCUT2D eigenvalue weighted by Crippen LogP contribution is 2.16. The highest BCUT2D eigenvalue weighted by atomic mass is 16.2. The molecule has 1 amide bonds. The van der Waals surface area contributed by atoms with Gasteiger partial charge in [0.25, 0.3) is 0 Å². The van der Waals surface area contributed by atoms with Gasteiger partial charge in [-0.1, -0.05) is 0 Å². The number of hydrogen-bond acceptors (Lipinski definition) is 8. The van der Waals surface area contributed by atoms with Gasteiger partial charge in [0.05, 0.1) is 0 Å². The summed E-state index contributed by atoms with van der Waals surface area (Å²) in [5, 5.41) is 6.26. The number of anilines is 4. The zero-order valence-corrected chi connectivity index (χ0v) is 13.3. The zero-order chi connectivity index (χ0) is 16.8. The van der Waals surface area contributed by atoms with Crippen molar-refractivity contribution in [1.29, 1.82) is 0 Å². The van der Waals surface area contributed by atoms with Gasteiger partial charge in [-0.3, -0.25) is 4.79 Å². The van der Waals surface area contributed by atoms with Gasteiger partial charge in [-0.2, -0.15) is 9.97 Å². The molecule has 3 rings (SSSR count). The van der Waals surface area contributed by atoms with Gasteiger partial charge in [-0.05, 0) is 18.9 Å². The molecule has 0 bridgehead atoms. The predicted octanol–water partition coefficient (Wildman–Crippen LogP) is 1.02. The van der Waals surface area contributed by atoms with Gasteiger partial charge < -0.3 is 21.3 Å². The van der Waals surface area contributed by atoms with Crippen LogP contribution in [0.1, 0.15) is 19.3 Å². The number of rotatable bonds is 7. The van der Waals surface area contributed by atoms with Crippen LogP contribution in [-0.2, 0) is 4.79 Å². The van der Waals surface area contributed by atoms with Crippen molar-refractivity contribution in [2.75, 3.05) is 36.0 Å². The second-order valence-corrected chi connectivity index (χ2v) is 5.48. The Morgan fingerprint density at radius 1 is 1.25 bits per heavy atom.